The number of rotatable bonds is 5. The molecule has 4 saturated carbocycles. The fourth-order valence-electron chi connectivity index (χ4n) is 11.5. The maximum atomic E-state index is 14.5. The van der Waals surface area contributed by atoms with Gasteiger partial charge >= 0.3 is 0 Å². The molecule has 4 fully saturated rings. The van der Waals surface area contributed by atoms with Gasteiger partial charge in [0.1, 0.15) is 0 Å². The molecule has 1 amide bonds. The number of amides is 1. The highest BCUT2D eigenvalue weighted by Crippen LogP contribution is 2.75. The van der Waals surface area contributed by atoms with Gasteiger partial charge in [-0.05, 0) is 104 Å². The van der Waals surface area contributed by atoms with Gasteiger partial charge in [-0.25, -0.2) is 0 Å². The van der Waals surface area contributed by atoms with Crippen LogP contribution in [0.25, 0.3) is 0 Å². The SMILES string of the molecule is CC1(C)CC[C@]2(C(=O)N(CCCl)CCCl)CC[C@]3(C)C(=CCC4[C@@]5(C)CC/C(=N\O)C(C)(C)C5CC[C@]43C)C2C1. The molecule has 0 spiro atoms. The number of carbonyl (C=O) groups is 1. The lowest BCUT2D eigenvalue weighted by molar-refractivity contribution is -0.175. The summed E-state index contributed by atoms with van der Waals surface area (Å²) in [5, 5.41) is 13.6. The molecular weight excluding hydrogens is 539 g/mol. The zero-order valence-corrected chi connectivity index (χ0v) is 27.7. The first-order chi connectivity index (χ1) is 18.7. The highest BCUT2D eigenvalue weighted by molar-refractivity contribution is 6.18. The minimum Gasteiger partial charge on any atom is -0.411 e. The predicted molar refractivity (Wildman–Crippen MR) is 166 cm³/mol. The Bertz CT molecular complexity index is 1080. The fraction of sp³-hybridized carbons (Fsp3) is 0.882. The molecule has 0 aromatic heterocycles. The molecule has 5 aliphatic carbocycles. The summed E-state index contributed by atoms with van der Waals surface area (Å²) in [6.45, 7) is 18.4. The smallest absolute Gasteiger partial charge is 0.229 e. The van der Waals surface area contributed by atoms with E-state index in [-0.39, 0.29) is 38.4 Å². The van der Waals surface area contributed by atoms with Gasteiger partial charge in [0, 0.05) is 30.3 Å². The highest BCUT2D eigenvalue weighted by Gasteiger charge is 2.69. The monoisotopic (exact) mass is 592 g/mol. The van der Waals surface area contributed by atoms with Crippen molar-refractivity contribution in [2.24, 2.45) is 55.4 Å². The summed E-state index contributed by atoms with van der Waals surface area (Å²) in [7, 11) is 0. The number of hydrogen-bond donors (Lipinski definition) is 1. The van der Waals surface area contributed by atoms with Gasteiger partial charge in [0.05, 0.1) is 11.1 Å². The number of hydrogen-bond acceptors (Lipinski definition) is 3. The Balaban J connectivity index is 1.58. The minimum absolute atomic E-state index is 0.0796. The first-order valence-corrected chi connectivity index (χ1v) is 17.1. The Morgan fingerprint density at radius 2 is 1.60 bits per heavy atom. The molecular formula is C34H54Cl2N2O2. The first kappa shape index (κ1) is 30.7. The van der Waals surface area contributed by atoms with Crippen LogP contribution in [0.1, 0.15) is 113 Å². The van der Waals surface area contributed by atoms with E-state index in [1.165, 1.54) is 12.8 Å². The maximum absolute atomic E-state index is 14.5. The largest absolute Gasteiger partial charge is 0.411 e. The Hall–Kier alpha value is -0.740. The van der Waals surface area contributed by atoms with Crippen LogP contribution in [0.3, 0.4) is 0 Å². The number of halogens is 2. The second kappa shape index (κ2) is 10.2. The second-order valence-electron chi connectivity index (χ2n) is 16.3. The van der Waals surface area contributed by atoms with E-state index in [0.29, 0.717) is 42.6 Å². The van der Waals surface area contributed by atoms with Gasteiger partial charge in [-0.15, -0.1) is 23.2 Å². The normalized spacial score (nSPS) is 44.5. The zero-order chi connectivity index (χ0) is 29.4. The van der Waals surface area contributed by atoms with E-state index in [2.05, 4.69) is 59.7 Å². The molecule has 1 N–H and O–H groups in total. The van der Waals surface area contributed by atoms with E-state index in [4.69, 9.17) is 23.2 Å². The third-order valence-corrected chi connectivity index (χ3v) is 14.3. The van der Waals surface area contributed by atoms with Crippen molar-refractivity contribution in [1.29, 1.82) is 0 Å². The molecule has 0 aliphatic heterocycles. The van der Waals surface area contributed by atoms with Crippen molar-refractivity contribution in [3.05, 3.63) is 11.6 Å². The zero-order valence-electron chi connectivity index (χ0n) is 26.2. The van der Waals surface area contributed by atoms with Crippen LogP contribution in [-0.4, -0.2) is 46.6 Å². The van der Waals surface area contributed by atoms with E-state index < -0.39 is 0 Å². The average Bonchev–Trinajstić information content (AvgIpc) is 2.88. The van der Waals surface area contributed by atoms with E-state index in [1.54, 1.807) is 5.57 Å². The van der Waals surface area contributed by atoms with E-state index in [9.17, 15) is 10.0 Å². The van der Waals surface area contributed by atoms with Gasteiger partial charge in [0.25, 0.3) is 0 Å². The Kier molecular flexibility index (Phi) is 7.81. The van der Waals surface area contributed by atoms with Gasteiger partial charge in [-0.3, -0.25) is 4.79 Å². The summed E-state index contributed by atoms with van der Waals surface area (Å²) >= 11 is 12.4. The third kappa shape index (κ3) is 4.18. The van der Waals surface area contributed by atoms with Crippen molar-refractivity contribution in [1.82, 2.24) is 4.90 Å². The number of allylic oxidation sites excluding steroid dienone is 2. The van der Waals surface area contributed by atoms with E-state index in [1.807, 2.05) is 4.90 Å². The molecule has 0 radical (unpaired) electrons. The van der Waals surface area contributed by atoms with Crippen LogP contribution >= 0.6 is 23.2 Å². The van der Waals surface area contributed by atoms with Gasteiger partial charge in [0.2, 0.25) is 5.91 Å². The summed E-state index contributed by atoms with van der Waals surface area (Å²) in [5.41, 5.74) is 2.90. The maximum Gasteiger partial charge on any atom is 0.229 e. The predicted octanol–water partition coefficient (Wildman–Crippen LogP) is 8.92. The van der Waals surface area contributed by atoms with Crippen LogP contribution < -0.4 is 0 Å². The topological polar surface area (TPSA) is 52.9 Å². The van der Waals surface area contributed by atoms with Crippen molar-refractivity contribution < 1.29 is 10.0 Å². The number of oxime groups is 1. The molecule has 0 aromatic carbocycles. The highest BCUT2D eigenvalue weighted by atomic mass is 35.5. The molecule has 0 bridgehead atoms. The quantitative estimate of drug-likeness (QED) is 0.150. The molecule has 6 heteroatoms. The van der Waals surface area contributed by atoms with Crippen molar-refractivity contribution in [2.75, 3.05) is 24.8 Å². The standard InChI is InChI=1S/C34H54Cl2N2O2/c1-29(2)14-16-34(28(39)38(20-18-35)21-19-36)17-15-32(6)23(24(34)22-29)8-9-26-31(5)12-11-27(37-40)30(3,4)25(31)10-13-33(26,32)7/h8,24-26,40H,9-22H2,1-7H3/b37-27+/t24?,25?,26?,31-,32+,33+,34-/m0/s1. The number of alkyl halides is 2. The Labute approximate surface area is 253 Å². The van der Waals surface area contributed by atoms with Gasteiger partial charge in [-0.2, -0.15) is 0 Å². The number of carbonyl (C=O) groups excluding carboxylic acids is 1. The third-order valence-electron chi connectivity index (χ3n) is 14.0. The van der Waals surface area contributed by atoms with Crippen LogP contribution in [0.15, 0.2) is 16.8 Å². The lowest BCUT2D eigenvalue weighted by Gasteiger charge is -2.71. The first-order valence-electron chi connectivity index (χ1n) is 16.0. The molecule has 4 nitrogen and oxygen atoms in total. The van der Waals surface area contributed by atoms with Crippen LogP contribution in [-0.2, 0) is 4.79 Å². The van der Waals surface area contributed by atoms with E-state index in [0.717, 1.165) is 57.1 Å². The molecule has 0 saturated heterocycles. The Morgan fingerprint density at radius 3 is 2.23 bits per heavy atom. The van der Waals surface area contributed by atoms with Crippen LogP contribution in [0.5, 0.6) is 0 Å². The van der Waals surface area contributed by atoms with E-state index >= 15 is 0 Å². The molecule has 0 aromatic rings. The number of nitrogens with zero attached hydrogens (tertiary/aromatic N) is 2. The summed E-state index contributed by atoms with van der Waals surface area (Å²) in [4.78, 5) is 16.5. The van der Waals surface area contributed by atoms with Gasteiger partial charge < -0.3 is 10.1 Å². The van der Waals surface area contributed by atoms with Crippen molar-refractivity contribution in [3.8, 4) is 0 Å². The Morgan fingerprint density at radius 1 is 0.950 bits per heavy atom. The number of fused-ring (bicyclic) bond motifs is 7. The fourth-order valence-corrected chi connectivity index (χ4v) is 11.9. The van der Waals surface area contributed by atoms with Gasteiger partial charge in [0.15, 0.2) is 0 Å². The molecule has 0 heterocycles. The molecule has 3 unspecified atom stereocenters. The lowest BCUT2D eigenvalue weighted by atomic mass is 9.33. The molecule has 5 rings (SSSR count). The summed E-state index contributed by atoms with van der Waals surface area (Å²) in [6.07, 6.45) is 13.3. The summed E-state index contributed by atoms with van der Waals surface area (Å²) in [6, 6.07) is 0. The molecule has 5 aliphatic rings. The van der Waals surface area contributed by atoms with Crippen molar-refractivity contribution in [3.63, 3.8) is 0 Å². The summed E-state index contributed by atoms with van der Waals surface area (Å²) < 4.78 is 0. The molecule has 40 heavy (non-hydrogen) atoms. The van der Waals surface area contributed by atoms with Crippen LogP contribution in [0.2, 0.25) is 0 Å². The molecule has 7 atom stereocenters. The van der Waals surface area contributed by atoms with Crippen molar-refractivity contribution >= 4 is 34.8 Å². The van der Waals surface area contributed by atoms with Crippen LogP contribution in [0, 0.1) is 50.2 Å². The van der Waals surface area contributed by atoms with Crippen molar-refractivity contribution in [2.45, 2.75) is 113 Å². The second-order valence-corrected chi connectivity index (χ2v) is 17.1. The van der Waals surface area contributed by atoms with Gasteiger partial charge in [-0.1, -0.05) is 65.3 Å². The van der Waals surface area contributed by atoms with Crippen LogP contribution in [0.4, 0.5) is 0 Å². The average molecular weight is 594 g/mol. The lowest BCUT2D eigenvalue weighted by Crippen LogP contribution is -2.65. The minimum atomic E-state index is -0.331. The summed E-state index contributed by atoms with van der Waals surface area (Å²) in [5.74, 6) is 2.62. The molecule has 226 valence electrons.